The fourth-order valence-corrected chi connectivity index (χ4v) is 3.70. The van der Waals surface area contributed by atoms with Gasteiger partial charge in [-0.2, -0.15) is 13.1 Å². The molecule has 2 aliphatic heterocycles. The monoisotopic (exact) mass is 385 g/mol. The van der Waals surface area contributed by atoms with E-state index in [0.29, 0.717) is 11.2 Å². The molecule has 12 nitrogen and oxygen atoms in total. The van der Waals surface area contributed by atoms with Gasteiger partial charge in [-0.05, 0) is 13.8 Å². The lowest BCUT2D eigenvalue weighted by Gasteiger charge is -2.24. The Bertz CT molecular complexity index is 946. The zero-order valence-electron chi connectivity index (χ0n) is 14.1. The molecule has 142 valence electrons. The summed E-state index contributed by atoms with van der Waals surface area (Å²) in [4.78, 5) is 12.3. The first-order chi connectivity index (χ1) is 12.1. The zero-order chi connectivity index (χ0) is 18.7. The highest BCUT2D eigenvalue weighted by Crippen LogP contribution is 2.43. The minimum Gasteiger partial charge on any atom is -0.382 e. The van der Waals surface area contributed by atoms with E-state index in [1.165, 1.54) is 12.7 Å². The lowest BCUT2D eigenvalue weighted by atomic mass is 10.1. The Hall–Kier alpha value is -1.90. The number of imidazole rings is 1. The molecule has 13 heteroatoms. The molecule has 4 atom stereocenters. The van der Waals surface area contributed by atoms with Crippen LogP contribution in [-0.2, 0) is 24.4 Å². The number of nitrogens with zero attached hydrogens (tertiary/aromatic N) is 4. The molecule has 0 saturated carbocycles. The molecule has 0 spiro atoms. The van der Waals surface area contributed by atoms with Crippen LogP contribution < -0.4 is 15.6 Å². The number of nitrogens with one attached hydrogen (secondary N) is 1. The third kappa shape index (κ3) is 3.02. The van der Waals surface area contributed by atoms with Crippen LogP contribution in [0.3, 0.4) is 0 Å². The first kappa shape index (κ1) is 17.5. The van der Waals surface area contributed by atoms with Crippen molar-refractivity contribution in [2.45, 2.75) is 44.2 Å². The van der Waals surface area contributed by atoms with Crippen LogP contribution in [0, 0.1) is 0 Å². The summed E-state index contributed by atoms with van der Waals surface area (Å²) in [6.07, 6.45) is 0.627. The summed E-state index contributed by atoms with van der Waals surface area (Å²) < 4.78 is 44.2. The van der Waals surface area contributed by atoms with E-state index in [2.05, 4.69) is 19.7 Å². The molecule has 0 aliphatic carbocycles. The highest BCUT2D eigenvalue weighted by molar-refractivity contribution is 7.87. The maximum Gasteiger partial charge on any atom is 0.274 e. The average Bonchev–Trinajstić information content (AvgIpc) is 3.16. The average molecular weight is 385 g/mol. The van der Waals surface area contributed by atoms with Crippen LogP contribution in [0.15, 0.2) is 12.7 Å². The Morgan fingerprint density at radius 1 is 1.27 bits per heavy atom. The van der Waals surface area contributed by atoms with Crippen LogP contribution in [0.25, 0.3) is 11.2 Å². The predicted octanol–water partition coefficient (Wildman–Crippen LogP) is -1.38. The molecule has 2 aromatic heterocycles. The van der Waals surface area contributed by atoms with E-state index in [1.807, 2.05) is 0 Å². The molecular weight excluding hydrogens is 366 g/mol. The van der Waals surface area contributed by atoms with Crippen LogP contribution >= 0.6 is 0 Å². The summed E-state index contributed by atoms with van der Waals surface area (Å²) in [5.41, 5.74) is 6.75. The van der Waals surface area contributed by atoms with E-state index in [1.54, 1.807) is 18.4 Å². The number of rotatable bonds is 4. The smallest absolute Gasteiger partial charge is 0.274 e. The van der Waals surface area contributed by atoms with Gasteiger partial charge in [0, 0.05) is 6.54 Å². The van der Waals surface area contributed by atoms with Gasteiger partial charge in [0.15, 0.2) is 23.5 Å². The fourth-order valence-electron chi connectivity index (χ4n) is 3.30. The highest BCUT2D eigenvalue weighted by atomic mass is 32.2. The topological polar surface area (TPSA) is 169 Å². The van der Waals surface area contributed by atoms with Gasteiger partial charge in [-0.15, -0.1) is 0 Å². The van der Waals surface area contributed by atoms with Gasteiger partial charge in [-0.3, -0.25) is 4.57 Å². The summed E-state index contributed by atoms with van der Waals surface area (Å²) in [5, 5.41) is 5.01. The van der Waals surface area contributed by atoms with Gasteiger partial charge in [0.1, 0.15) is 30.2 Å². The van der Waals surface area contributed by atoms with Crippen LogP contribution in [0.5, 0.6) is 0 Å². The standard InChI is InChI=1S/C13H19N7O5S/c1-13(2)24-8-6(3-19-26(15,21)22)23-12(9(8)25-13)20-5-18-7-10(14)16-4-17-11(7)20/h4-6,8-9,12,19H,3H2,1-2H3,(H2,14,16,17)(H2,15,21,22)/t6-,8?,9+,12-/m1/s1. The van der Waals surface area contributed by atoms with Crippen molar-refractivity contribution in [1.82, 2.24) is 24.2 Å². The molecule has 0 aromatic carbocycles. The summed E-state index contributed by atoms with van der Waals surface area (Å²) in [6.45, 7) is 3.50. The normalized spacial score (nSPS) is 30.7. The molecule has 1 unspecified atom stereocenters. The molecule has 2 aliphatic rings. The van der Waals surface area contributed by atoms with Crippen molar-refractivity contribution in [3.63, 3.8) is 0 Å². The van der Waals surface area contributed by atoms with Gasteiger partial charge in [-0.1, -0.05) is 0 Å². The van der Waals surface area contributed by atoms with Crippen molar-refractivity contribution in [1.29, 1.82) is 0 Å². The zero-order valence-corrected chi connectivity index (χ0v) is 14.9. The van der Waals surface area contributed by atoms with Gasteiger partial charge >= 0.3 is 0 Å². The Morgan fingerprint density at radius 3 is 2.73 bits per heavy atom. The second-order valence-corrected chi connectivity index (χ2v) is 7.98. The Morgan fingerprint density at radius 2 is 2.00 bits per heavy atom. The van der Waals surface area contributed by atoms with Crippen molar-refractivity contribution in [3.8, 4) is 0 Å². The van der Waals surface area contributed by atoms with Crippen molar-refractivity contribution < 1.29 is 22.6 Å². The van der Waals surface area contributed by atoms with Crippen molar-refractivity contribution >= 4 is 27.2 Å². The summed E-state index contributed by atoms with van der Waals surface area (Å²) in [7, 11) is -3.86. The Labute approximate surface area is 149 Å². The van der Waals surface area contributed by atoms with Crippen LogP contribution in [0.4, 0.5) is 5.82 Å². The van der Waals surface area contributed by atoms with Gasteiger partial charge in [0.2, 0.25) is 0 Å². The van der Waals surface area contributed by atoms with E-state index in [0.717, 1.165) is 0 Å². The molecule has 2 saturated heterocycles. The number of nitrogen functional groups attached to an aromatic ring is 1. The maximum absolute atomic E-state index is 11.2. The number of hydrogen-bond donors (Lipinski definition) is 3. The van der Waals surface area contributed by atoms with Gasteiger partial charge < -0.3 is 19.9 Å². The largest absolute Gasteiger partial charge is 0.382 e. The Kier molecular flexibility index (Phi) is 3.91. The van der Waals surface area contributed by atoms with Crippen molar-refractivity contribution in [2.24, 2.45) is 5.14 Å². The predicted molar refractivity (Wildman–Crippen MR) is 88.6 cm³/mol. The van der Waals surface area contributed by atoms with Crippen LogP contribution in [0.1, 0.15) is 20.1 Å². The summed E-state index contributed by atoms with van der Waals surface area (Å²) in [6, 6.07) is 0. The van der Waals surface area contributed by atoms with Gasteiger partial charge in [0.05, 0.1) is 6.33 Å². The Balaban J connectivity index is 1.68. The third-order valence-corrected chi connectivity index (χ3v) is 4.84. The minimum absolute atomic E-state index is 0.0559. The van der Waals surface area contributed by atoms with Crippen molar-refractivity contribution in [3.05, 3.63) is 12.7 Å². The number of hydrogen-bond acceptors (Lipinski definition) is 9. The van der Waals surface area contributed by atoms with E-state index < -0.39 is 40.5 Å². The third-order valence-electron chi connectivity index (χ3n) is 4.27. The second kappa shape index (κ2) is 5.80. The molecule has 4 heterocycles. The number of aromatic nitrogens is 4. The molecule has 0 amide bonds. The maximum atomic E-state index is 11.2. The van der Waals surface area contributed by atoms with Crippen LogP contribution in [0.2, 0.25) is 0 Å². The second-order valence-electron chi connectivity index (χ2n) is 6.61. The molecule has 5 N–H and O–H groups in total. The molecule has 26 heavy (non-hydrogen) atoms. The number of anilines is 1. The van der Waals surface area contributed by atoms with Crippen LogP contribution in [-0.4, -0.2) is 58.6 Å². The van der Waals surface area contributed by atoms with Gasteiger partial charge in [-0.25, -0.2) is 20.1 Å². The number of nitrogens with two attached hydrogens (primary N) is 2. The molecule has 0 bridgehead atoms. The van der Waals surface area contributed by atoms with E-state index in [-0.39, 0.29) is 12.4 Å². The van der Waals surface area contributed by atoms with E-state index in [4.69, 9.17) is 25.1 Å². The minimum atomic E-state index is -3.86. The van der Waals surface area contributed by atoms with E-state index >= 15 is 0 Å². The van der Waals surface area contributed by atoms with E-state index in [9.17, 15) is 8.42 Å². The first-order valence-corrected chi connectivity index (χ1v) is 9.41. The fraction of sp³-hybridized carbons (Fsp3) is 0.615. The van der Waals surface area contributed by atoms with Crippen molar-refractivity contribution in [2.75, 3.05) is 12.3 Å². The molecule has 2 fully saturated rings. The lowest BCUT2D eigenvalue weighted by molar-refractivity contribution is -0.195. The lowest BCUT2D eigenvalue weighted by Crippen LogP contribution is -2.42. The quantitative estimate of drug-likeness (QED) is 0.574. The molecular formula is C13H19N7O5S. The highest BCUT2D eigenvalue weighted by Gasteiger charge is 2.56. The number of fused-ring (bicyclic) bond motifs is 2. The number of ether oxygens (including phenoxy) is 3. The van der Waals surface area contributed by atoms with Gasteiger partial charge in [0.25, 0.3) is 10.2 Å². The first-order valence-electron chi connectivity index (χ1n) is 7.86. The SMILES string of the molecule is CC1(C)OC2[C@@H](CNS(N)(=O)=O)O[C@@H](n3cnc4c(N)ncnc43)[C@H]2O1. The summed E-state index contributed by atoms with van der Waals surface area (Å²) >= 11 is 0. The summed E-state index contributed by atoms with van der Waals surface area (Å²) in [5.74, 6) is -0.596. The molecule has 2 aromatic rings. The molecule has 4 rings (SSSR count). The molecule has 0 radical (unpaired) electrons.